The van der Waals surface area contributed by atoms with Gasteiger partial charge in [0.05, 0.1) is 10.7 Å². The number of hydrogen-bond acceptors (Lipinski definition) is 4. The monoisotopic (exact) mass is 553 g/mol. The molecule has 0 aliphatic rings. The molecular weight excluding hydrogens is 514 g/mol. The van der Waals surface area contributed by atoms with E-state index in [1.165, 1.54) is 4.90 Å². The summed E-state index contributed by atoms with van der Waals surface area (Å²) < 4.78 is 5.30. The van der Waals surface area contributed by atoms with Crippen LogP contribution in [0.3, 0.4) is 0 Å². The van der Waals surface area contributed by atoms with Gasteiger partial charge in [-0.1, -0.05) is 55.6 Å². The number of halogens is 1. The molecule has 0 bridgehead atoms. The summed E-state index contributed by atoms with van der Waals surface area (Å²) in [5.74, 6) is 2.13. The number of para-hydroxylation sites is 1. The average molecular weight is 554 g/mol. The number of nitrogens with zero attached hydrogens (tertiary/aromatic N) is 1. The zero-order chi connectivity index (χ0) is 29.3. The van der Waals surface area contributed by atoms with E-state index in [-0.39, 0.29) is 12.6 Å². The van der Waals surface area contributed by atoms with E-state index in [1.54, 1.807) is 57.2 Å². The van der Waals surface area contributed by atoms with Gasteiger partial charge in [-0.05, 0) is 82.7 Å². The molecule has 8 heteroatoms. The summed E-state index contributed by atoms with van der Waals surface area (Å²) in [5, 5.41) is 5.87. The summed E-state index contributed by atoms with van der Waals surface area (Å²) in [6.07, 6.45) is 6.34. The van der Waals surface area contributed by atoms with Crippen molar-refractivity contribution in [2.24, 2.45) is 5.92 Å². The molecule has 0 heterocycles. The minimum atomic E-state index is -1.01. The van der Waals surface area contributed by atoms with Gasteiger partial charge in [-0.2, -0.15) is 0 Å². The smallest absolute Gasteiger partial charge is 0.408 e. The zero-order valence-corrected chi connectivity index (χ0v) is 24.7. The molecule has 2 N–H and O–H groups in total. The van der Waals surface area contributed by atoms with Crippen molar-refractivity contribution in [3.05, 3.63) is 64.2 Å². The van der Waals surface area contributed by atoms with E-state index < -0.39 is 29.6 Å². The maximum absolute atomic E-state index is 14.0. The molecule has 0 aliphatic heterocycles. The Bertz CT molecular complexity index is 1180. The van der Waals surface area contributed by atoms with Crippen LogP contribution in [0.1, 0.15) is 77.1 Å². The van der Waals surface area contributed by atoms with Crippen molar-refractivity contribution in [1.82, 2.24) is 10.2 Å². The van der Waals surface area contributed by atoms with E-state index in [9.17, 15) is 14.4 Å². The fourth-order valence-corrected chi connectivity index (χ4v) is 4.36. The Labute approximate surface area is 237 Å². The highest BCUT2D eigenvalue weighted by Gasteiger charge is 2.35. The minimum Gasteiger partial charge on any atom is -0.444 e. The Morgan fingerprint density at radius 3 is 2.23 bits per heavy atom. The Morgan fingerprint density at radius 1 is 1.05 bits per heavy atom. The number of hydrogen-bond donors (Lipinski definition) is 2. The highest BCUT2D eigenvalue weighted by Crippen LogP contribution is 2.31. The van der Waals surface area contributed by atoms with Gasteiger partial charge in [0, 0.05) is 11.6 Å². The Kier molecular flexibility index (Phi) is 11.4. The second kappa shape index (κ2) is 14.0. The van der Waals surface area contributed by atoms with Gasteiger partial charge in [-0.25, -0.2) is 4.79 Å². The van der Waals surface area contributed by atoms with Crippen molar-refractivity contribution in [3.8, 4) is 12.3 Å². The number of aryl methyl sites for hydroxylation is 1. The first-order valence-electron chi connectivity index (χ1n) is 13.1. The van der Waals surface area contributed by atoms with Crippen LogP contribution >= 0.6 is 11.6 Å². The lowest BCUT2D eigenvalue weighted by atomic mass is 9.97. The highest BCUT2D eigenvalue weighted by molar-refractivity contribution is 6.34. The van der Waals surface area contributed by atoms with Crippen molar-refractivity contribution >= 4 is 35.2 Å². The van der Waals surface area contributed by atoms with Crippen molar-refractivity contribution in [1.29, 1.82) is 0 Å². The molecule has 0 aliphatic carbocycles. The zero-order valence-electron chi connectivity index (χ0n) is 23.9. The standard InChI is InChI=1S/C31H40ClN3O4/c1-9-23-15-17-24(18-16-23)28(29(37)34-27-21(4)11-10-12-25(27)32)35(22(5)14-13-20(2)3)26(36)19-33-30(38)39-31(6,7)8/h1,10-12,15-18,20,22,28H,13-14,19H2,2-8H3,(H,33,38)(H,34,37). The van der Waals surface area contributed by atoms with Gasteiger partial charge in [-0.15, -0.1) is 6.42 Å². The number of amides is 3. The van der Waals surface area contributed by atoms with Crippen LogP contribution < -0.4 is 10.6 Å². The Hall–Kier alpha value is -3.50. The first kappa shape index (κ1) is 31.7. The van der Waals surface area contributed by atoms with Crippen LogP contribution in [-0.2, 0) is 14.3 Å². The van der Waals surface area contributed by atoms with Crippen LogP contribution in [0.2, 0.25) is 5.02 Å². The molecule has 210 valence electrons. The molecule has 3 amide bonds. The second-order valence-electron chi connectivity index (χ2n) is 11.1. The first-order valence-corrected chi connectivity index (χ1v) is 13.5. The number of terminal acetylenes is 1. The largest absolute Gasteiger partial charge is 0.444 e. The van der Waals surface area contributed by atoms with Gasteiger partial charge < -0.3 is 20.3 Å². The van der Waals surface area contributed by atoms with Gasteiger partial charge in [0.15, 0.2) is 0 Å². The number of rotatable bonds is 10. The summed E-state index contributed by atoms with van der Waals surface area (Å²) in [6.45, 7) is 12.8. The molecule has 2 rings (SSSR count). The number of alkyl carbamates (subject to hydrolysis) is 1. The molecule has 0 saturated carbocycles. The van der Waals surface area contributed by atoms with Crippen LogP contribution in [0, 0.1) is 25.2 Å². The molecular formula is C31H40ClN3O4. The van der Waals surface area contributed by atoms with Crippen LogP contribution in [0.25, 0.3) is 0 Å². The molecule has 2 unspecified atom stereocenters. The number of benzene rings is 2. The van der Waals surface area contributed by atoms with Crippen LogP contribution in [0.4, 0.5) is 10.5 Å². The molecule has 0 fully saturated rings. The van der Waals surface area contributed by atoms with E-state index in [0.717, 1.165) is 12.0 Å². The molecule has 0 spiro atoms. The molecule has 2 aromatic rings. The lowest BCUT2D eigenvalue weighted by Gasteiger charge is -2.37. The molecule has 2 atom stereocenters. The maximum Gasteiger partial charge on any atom is 0.408 e. The van der Waals surface area contributed by atoms with Crippen LogP contribution in [-0.4, -0.2) is 41.0 Å². The van der Waals surface area contributed by atoms with Gasteiger partial charge >= 0.3 is 6.09 Å². The fraction of sp³-hybridized carbons (Fsp3) is 0.452. The van der Waals surface area contributed by atoms with Crippen molar-refractivity contribution in [2.45, 2.75) is 79.0 Å². The van der Waals surface area contributed by atoms with E-state index in [1.807, 2.05) is 19.9 Å². The third kappa shape index (κ3) is 9.63. The molecule has 2 aromatic carbocycles. The lowest BCUT2D eigenvalue weighted by Crippen LogP contribution is -2.50. The van der Waals surface area contributed by atoms with Crippen molar-refractivity contribution < 1.29 is 19.1 Å². The Morgan fingerprint density at radius 2 is 1.69 bits per heavy atom. The minimum absolute atomic E-state index is 0.323. The van der Waals surface area contributed by atoms with Crippen LogP contribution in [0.15, 0.2) is 42.5 Å². The highest BCUT2D eigenvalue weighted by atomic mass is 35.5. The van der Waals surface area contributed by atoms with Gasteiger partial charge in [-0.3, -0.25) is 9.59 Å². The third-order valence-corrected chi connectivity index (χ3v) is 6.41. The number of nitrogens with one attached hydrogen (secondary N) is 2. The Balaban J connectivity index is 2.52. The summed E-state index contributed by atoms with van der Waals surface area (Å²) in [6, 6.07) is 11.0. The van der Waals surface area contributed by atoms with E-state index in [0.29, 0.717) is 34.2 Å². The van der Waals surface area contributed by atoms with Gasteiger partial charge in [0.25, 0.3) is 5.91 Å². The molecule has 39 heavy (non-hydrogen) atoms. The maximum atomic E-state index is 14.0. The van der Waals surface area contributed by atoms with E-state index >= 15 is 0 Å². The molecule has 0 radical (unpaired) electrons. The SMILES string of the molecule is C#Cc1ccc(C(C(=O)Nc2c(C)cccc2Cl)N(C(=O)CNC(=O)OC(C)(C)C)C(C)CCC(C)C)cc1. The van der Waals surface area contributed by atoms with Gasteiger partial charge in [0.2, 0.25) is 5.91 Å². The van der Waals surface area contributed by atoms with E-state index in [2.05, 4.69) is 30.4 Å². The molecule has 7 nitrogen and oxygen atoms in total. The fourth-order valence-electron chi connectivity index (χ4n) is 4.09. The number of ether oxygens (including phenoxy) is 1. The predicted octanol–water partition coefficient (Wildman–Crippen LogP) is 6.49. The normalized spacial score (nSPS) is 12.7. The summed E-state index contributed by atoms with van der Waals surface area (Å²) in [4.78, 5) is 41.6. The van der Waals surface area contributed by atoms with Crippen LogP contribution in [0.5, 0.6) is 0 Å². The lowest BCUT2D eigenvalue weighted by molar-refractivity contribution is -0.140. The van der Waals surface area contributed by atoms with E-state index in [4.69, 9.17) is 22.8 Å². The van der Waals surface area contributed by atoms with Crippen molar-refractivity contribution in [2.75, 3.05) is 11.9 Å². The summed E-state index contributed by atoms with van der Waals surface area (Å²) >= 11 is 6.41. The molecule has 0 saturated heterocycles. The average Bonchev–Trinajstić information content (AvgIpc) is 2.85. The second-order valence-corrected chi connectivity index (χ2v) is 11.5. The summed E-state index contributed by atoms with van der Waals surface area (Å²) in [5.41, 5.74) is 1.78. The topological polar surface area (TPSA) is 87.7 Å². The third-order valence-electron chi connectivity index (χ3n) is 6.10. The number of carbonyl (C=O) groups excluding carboxylic acids is 3. The quantitative estimate of drug-likeness (QED) is 0.329. The summed E-state index contributed by atoms with van der Waals surface area (Å²) in [7, 11) is 0. The number of anilines is 1. The van der Waals surface area contributed by atoms with Crippen molar-refractivity contribution in [3.63, 3.8) is 0 Å². The molecule has 0 aromatic heterocycles. The van der Waals surface area contributed by atoms with Gasteiger partial charge in [0.1, 0.15) is 18.2 Å². The first-order chi connectivity index (χ1) is 18.2. The number of carbonyl (C=O) groups is 3. The predicted molar refractivity (Wildman–Crippen MR) is 157 cm³/mol.